The molecule has 27 heavy (non-hydrogen) atoms. The van der Waals surface area contributed by atoms with Crippen LogP contribution < -0.4 is 5.32 Å². The maximum atomic E-state index is 10.2. The van der Waals surface area contributed by atoms with E-state index in [1.165, 1.54) is 0 Å². The number of hydrogen-bond donors (Lipinski definition) is 2. The molecule has 1 fully saturated rings. The summed E-state index contributed by atoms with van der Waals surface area (Å²) in [7, 11) is 2.17. The Morgan fingerprint density at radius 2 is 1.70 bits per heavy atom. The summed E-state index contributed by atoms with van der Waals surface area (Å²) in [6.07, 6.45) is 0. The number of anilines is 1. The van der Waals surface area contributed by atoms with Crippen molar-refractivity contribution < 1.29 is 5.11 Å². The van der Waals surface area contributed by atoms with Gasteiger partial charge in [-0.1, -0.05) is 24.3 Å². The first-order chi connectivity index (χ1) is 13.2. The summed E-state index contributed by atoms with van der Waals surface area (Å²) in [5.74, 6) is 1.54. The van der Waals surface area contributed by atoms with E-state index >= 15 is 0 Å². The number of likely N-dealkylation sites (N-methyl/N-ethyl adjacent to an activating group) is 1. The second-order valence-electron chi connectivity index (χ2n) is 7.00. The fourth-order valence-corrected chi connectivity index (χ4v) is 3.40. The van der Waals surface area contributed by atoms with Crippen LogP contribution in [0.25, 0.3) is 22.3 Å². The number of phenols is 1. The van der Waals surface area contributed by atoms with Crippen LogP contribution in [0.15, 0.2) is 48.5 Å². The highest BCUT2D eigenvalue weighted by atomic mass is 16.3. The van der Waals surface area contributed by atoms with Crippen molar-refractivity contribution in [2.45, 2.75) is 0 Å². The molecule has 0 bridgehead atoms. The molecular formula is C21H25N5O. The third-order valence-corrected chi connectivity index (χ3v) is 5.06. The van der Waals surface area contributed by atoms with Gasteiger partial charge in [-0.15, -0.1) is 0 Å². The van der Waals surface area contributed by atoms with E-state index in [9.17, 15) is 5.11 Å². The molecule has 0 unspecified atom stereocenters. The van der Waals surface area contributed by atoms with Crippen molar-refractivity contribution >= 4 is 16.7 Å². The normalized spacial score (nSPS) is 15.9. The first kappa shape index (κ1) is 17.7. The third kappa shape index (κ3) is 4.02. The minimum absolute atomic E-state index is 0.191. The summed E-state index contributed by atoms with van der Waals surface area (Å²) in [6, 6.07) is 15.2. The Bertz CT molecular complexity index is 921. The summed E-state index contributed by atoms with van der Waals surface area (Å²) < 4.78 is 0. The Morgan fingerprint density at radius 3 is 2.52 bits per heavy atom. The number of fused-ring (bicyclic) bond motifs is 1. The predicted molar refractivity (Wildman–Crippen MR) is 109 cm³/mol. The van der Waals surface area contributed by atoms with Gasteiger partial charge in [0.05, 0.1) is 11.1 Å². The standard InChI is InChI=1S/C21H25N5O/c1-25-12-14-26(15-13-25)11-10-22-20-16-6-2-4-8-18(16)23-21(24-20)17-7-3-5-9-19(17)27/h2-9,27H,10-15H2,1H3,(H,22,23,24). The molecule has 2 N–H and O–H groups in total. The summed E-state index contributed by atoms with van der Waals surface area (Å²) in [4.78, 5) is 14.2. The molecule has 1 aromatic heterocycles. The van der Waals surface area contributed by atoms with Crippen molar-refractivity contribution in [3.05, 3.63) is 48.5 Å². The Kier molecular flexibility index (Phi) is 5.18. The van der Waals surface area contributed by atoms with Gasteiger partial charge in [0.1, 0.15) is 11.6 Å². The highest BCUT2D eigenvalue weighted by Gasteiger charge is 2.14. The van der Waals surface area contributed by atoms with E-state index in [0.717, 1.165) is 56.0 Å². The number of nitrogens with one attached hydrogen (secondary N) is 1. The van der Waals surface area contributed by atoms with Gasteiger partial charge < -0.3 is 15.3 Å². The highest BCUT2D eigenvalue weighted by molar-refractivity contribution is 5.90. The lowest BCUT2D eigenvalue weighted by molar-refractivity contribution is 0.158. The van der Waals surface area contributed by atoms with Crippen molar-refractivity contribution in [3.63, 3.8) is 0 Å². The molecule has 0 radical (unpaired) electrons. The molecule has 0 spiro atoms. The molecule has 2 aromatic carbocycles. The van der Waals surface area contributed by atoms with Crippen LogP contribution in [0.1, 0.15) is 0 Å². The maximum Gasteiger partial charge on any atom is 0.165 e. The number of aromatic hydroxyl groups is 1. The molecule has 140 valence electrons. The van der Waals surface area contributed by atoms with E-state index in [-0.39, 0.29) is 5.75 Å². The molecule has 4 rings (SSSR count). The molecule has 0 aliphatic carbocycles. The predicted octanol–water partition coefficient (Wildman–Crippen LogP) is 2.66. The van der Waals surface area contributed by atoms with Gasteiger partial charge in [0, 0.05) is 44.7 Å². The quantitative estimate of drug-likeness (QED) is 0.727. The molecule has 1 aliphatic rings. The molecule has 0 saturated carbocycles. The molecule has 2 heterocycles. The van der Waals surface area contributed by atoms with Crippen LogP contribution in [0.2, 0.25) is 0 Å². The molecule has 1 aliphatic heterocycles. The minimum Gasteiger partial charge on any atom is -0.507 e. The summed E-state index contributed by atoms with van der Waals surface area (Å²) >= 11 is 0. The molecule has 3 aromatic rings. The largest absolute Gasteiger partial charge is 0.507 e. The van der Waals surface area contributed by atoms with Crippen LogP contribution in [-0.2, 0) is 0 Å². The van der Waals surface area contributed by atoms with Gasteiger partial charge in [0.25, 0.3) is 0 Å². The Morgan fingerprint density at radius 1 is 0.963 bits per heavy atom. The van der Waals surface area contributed by atoms with E-state index in [0.29, 0.717) is 11.4 Å². The fourth-order valence-electron chi connectivity index (χ4n) is 3.40. The van der Waals surface area contributed by atoms with Crippen LogP contribution in [0, 0.1) is 0 Å². The smallest absolute Gasteiger partial charge is 0.165 e. The lowest BCUT2D eigenvalue weighted by Gasteiger charge is -2.32. The summed E-state index contributed by atoms with van der Waals surface area (Å²) in [5.41, 5.74) is 1.51. The van der Waals surface area contributed by atoms with Crippen molar-refractivity contribution in [1.29, 1.82) is 0 Å². The van der Waals surface area contributed by atoms with E-state index in [4.69, 9.17) is 4.98 Å². The molecule has 0 amide bonds. The minimum atomic E-state index is 0.191. The Hall–Kier alpha value is -2.70. The van der Waals surface area contributed by atoms with Gasteiger partial charge in [-0.3, -0.25) is 4.90 Å². The third-order valence-electron chi connectivity index (χ3n) is 5.06. The number of rotatable bonds is 5. The summed E-state index contributed by atoms with van der Waals surface area (Å²) in [5, 5.41) is 14.7. The number of benzene rings is 2. The zero-order valence-electron chi connectivity index (χ0n) is 15.6. The van der Waals surface area contributed by atoms with Gasteiger partial charge >= 0.3 is 0 Å². The van der Waals surface area contributed by atoms with E-state index < -0.39 is 0 Å². The van der Waals surface area contributed by atoms with Crippen LogP contribution in [0.5, 0.6) is 5.75 Å². The molecule has 6 heteroatoms. The van der Waals surface area contributed by atoms with E-state index in [2.05, 4.69) is 27.1 Å². The van der Waals surface area contributed by atoms with E-state index in [1.807, 2.05) is 36.4 Å². The monoisotopic (exact) mass is 363 g/mol. The van der Waals surface area contributed by atoms with Crippen molar-refractivity contribution in [1.82, 2.24) is 19.8 Å². The van der Waals surface area contributed by atoms with Gasteiger partial charge in [0.2, 0.25) is 0 Å². The highest BCUT2D eigenvalue weighted by Crippen LogP contribution is 2.29. The SMILES string of the molecule is CN1CCN(CCNc2nc(-c3ccccc3O)nc3ccccc23)CC1. The van der Waals surface area contributed by atoms with Crippen molar-refractivity contribution in [2.24, 2.45) is 0 Å². The fraction of sp³-hybridized carbons (Fsp3) is 0.333. The average Bonchev–Trinajstić information content (AvgIpc) is 2.69. The van der Waals surface area contributed by atoms with Gasteiger partial charge in [-0.05, 0) is 31.3 Å². The second kappa shape index (κ2) is 7.90. The number of para-hydroxylation sites is 2. The molecule has 0 atom stereocenters. The van der Waals surface area contributed by atoms with Gasteiger partial charge in [-0.25, -0.2) is 9.97 Å². The number of aromatic nitrogens is 2. The van der Waals surface area contributed by atoms with Crippen LogP contribution in [-0.4, -0.2) is 71.2 Å². The number of hydrogen-bond acceptors (Lipinski definition) is 6. The Balaban J connectivity index is 1.56. The number of piperazine rings is 1. The van der Waals surface area contributed by atoms with Crippen molar-refractivity contribution in [3.8, 4) is 17.1 Å². The van der Waals surface area contributed by atoms with Crippen LogP contribution in [0.4, 0.5) is 5.82 Å². The average molecular weight is 363 g/mol. The van der Waals surface area contributed by atoms with Crippen LogP contribution >= 0.6 is 0 Å². The van der Waals surface area contributed by atoms with Gasteiger partial charge in [0.15, 0.2) is 5.82 Å². The van der Waals surface area contributed by atoms with Crippen molar-refractivity contribution in [2.75, 3.05) is 51.6 Å². The lowest BCUT2D eigenvalue weighted by atomic mass is 10.1. The number of phenolic OH excluding ortho intramolecular Hbond substituents is 1. The first-order valence-electron chi connectivity index (χ1n) is 9.40. The first-order valence-corrected chi connectivity index (χ1v) is 9.40. The number of nitrogens with zero attached hydrogens (tertiary/aromatic N) is 4. The summed E-state index contributed by atoms with van der Waals surface area (Å²) in [6.45, 7) is 6.25. The maximum absolute atomic E-state index is 10.2. The topological polar surface area (TPSA) is 64.5 Å². The van der Waals surface area contributed by atoms with Crippen LogP contribution in [0.3, 0.4) is 0 Å². The zero-order chi connectivity index (χ0) is 18.6. The Labute approximate surface area is 159 Å². The molecule has 1 saturated heterocycles. The van der Waals surface area contributed by atoms with E-state index in [1.54, 1.807) is 12.1 Å². The zero-order valence-corrected chi connectivity index (χ0v) is 15.6. The lowest BCUT2D eigenvalue weighted by Crippen LogP contribution is -2.45. The second-order valence-corrected chi connectivity index (χ2v) is 7.00. The van der Waals surface area contributed by atoms with Gasteiger partial charge in [-0.2, -0.15) is 0 Å². The molecular weight excluding hydrogens is 338 g/mol. The molecule has 6 nitrogen and oxygen atoms in total.